The third-order valence-corrected chi connectivity index (χ3v) is 12.4. The van der Waals surface area contributed by atoms with Crippen LogP contribution in [0, 0.1) is 22.7 Å². The number of carboxylic acids is 1. The first-order valence-electron chi connectivity index (χ1n) is 23.8. The molecule has 0 amide bonds. The van der Waals surface area contributed by atoms with Crippen LogP contribution < -0.4 is 0 Å². The first-order valence-corrected chi connectivity index (χ1v) is 23.8. The van der Waals surface area contributed by atoms with Gasteiger partial charge in [-0.25, -0.2) is 9.36 Å². The van der Waals surface area contributed by atoms with Crippen molar-refractivity contribution in [2.24, 2.45) is 22.7 Å². The predicted molar refractivity (Wildman–Crippen MR) is 240 cm³/mol. The van der Waals surface area contributed by atoms with Gasteiger partial charge in [0.25, 0.3) is 0 Å². The van der Waals surface area contributed by atoms with E-state index in [9.17, 15) is 24.3 Å². The molecule has 2 atom stereocenters. The van der Waals surface area contributed by atoms with Gasteiger partial charge in [-0.05, 0) is 141 Å². The van der Waals surface area contributed by atoms with E-state index in [4.69, 9.17) is 14.2 Å². The minimum absolute atomic E-state index is 0.0101. The molecule has 4 saturated carbocycles. The topological polar surface area (TPSA) is 178 Å². The maximum Gasteiger partial charge on any atom is 0.308 e. The van der Waals surface area contributed by atoms with E-state index < -0.39 is 17.2 Å². The van der Waals surface area contributed by atoms with Gasteiger partial charge < -0.3 is 19.3 Å². The van der Waals surface area contributed by atoms with Gasteiger partial charge in [-0.2, -0.15) is 0 Å². The van der Waals surface area contributed by atoms with Crippen LogP contribution in [0.25, 0.3) is 0 Å². The highest BCUT2D eigenvalue weighted by molar-refractivity contribution is 5.72. The molecule has 63 heavy (non-hydrogen) atoms. The lowest BCUT2D eigenvalue weighted by molar-refractivity contribution is -0.157. The first kappa shape index (κ1) is 50.2. The zero-order chi connectivity index (χ0) is 46.7. The standard InChI is InChI=1S/C25H41N3O4.C24H39N3O4/c1-24(2,3)15-16-12-18(13-16)22-23(17-8-9-17)28(27-26-22)19(10-11-20(29)31-7)14-21(30)32-25(4,5)6;1-23(2,3)14-15-11-17(12-15)21-22(16-7-8-16)27(26-25-21)18(9-10-19(28)29)13-20(30)31-24(4,5)6/h16-19H,8-15H2,1-7H3;15-18H,7-14H2,1-6H3,(H,28,29)/t16?,18?,19-;15?,17?,18-/m00/s1. The second-order valence-electron chi connectivity index (χ2n) is 23.7. The lowest BCUT2D eigenvalue weighted by Gasteiger charge is -2.38. The molecular formula is C49H80N6O8. The van der Waals surface area contributed by atoms with Crippen LogP contribution in [0.3, 0.4) is 0 Å². The number of aliphatic carboxylic acids is 1. The quantitative estimate of drug-likeness (QED) is 0.111. The lowest BCUT2D eigenvalue weighted by Crippen LogP contribution is -2.28. The molecule has 4 fully saturated rings. The van der Waals surface area contributed by atoms with E-state index in [-0.39, 0.29) is 55.7 Å². The Balaban J connectivity index is 0.000000238. The molecule has 0 radical (unpaired) electrons. The monoisotopic (exact) mass is 881 g/mol. The van der Waals surface area contributed by atoms with Crippen LogP contribution in [0.5, 0.6) is 0 Å². The van der Waals surface area contributed by atoms with E-state index in [1.807, 2.05) is 50.9 Å². The van der Waals surface area contributed by atoms with Crippen molar-refractivity contribution in [3.8, 4) is 0 Å². The molecule has 1 N–H and O–H groups in total. The molecule has 14 heteroatoms. The van der Waals surface area contributed by atoms with Crippen molar-refractivity contribution in [3.05, 3.63) is 22.8 Å². The maximum absolute atomic E-state index is 12.6. The zero-order valence-corrected chi connectivity index (χ0v) is 40.9. The summed E-state index contributed by atoms with van der Waals surface area (Å²) >= 11 is 0. The molecule has 2 aromatic heterocycles. The summed E-state index contributed by atoms with van der Waals surface area (Å²) in [6.45, 7) is 24.9. The van der Waals surface area contributed by atoms with Crippen LogP contribution in [0.4, 0.5) is 0 Å². The fourth-order valence-corrected chi connectivity index (χ4v) is 9.69. The fourth-order valence-electron chi connectivity index (χ4n) is 9.69. The Labute approximate surface area is 376 Å². The highest BCUT2D eigenvalue weighted by atomic mass is 16.6. The third-order valence-electron chi connectivity index (χ3n) is 12.4. The second-order valence-corrected chi connectivity index (χ2v) is 23.7. The molecule has 6 rings (SSSR count). The highest BCUT2D eigenvalue weighted by Gasteiger charge is 2.43. The Morgan fingerprint density at radius 3 is 1.25 bits per heavy atom. The van der Waals surface area contributed by atoms with Crippen LogP contribution in [0.1, 0.15) is 244 Å². The van der Waals surface area contributed by atoms with E-state index in [0.717, 1.165) is 80.3 Å². The van der Waals surface area contributed by atoms with Crippen LogP contribution in [0.2, 0.25) is 0 Å². The van der Waals surface area contributed by atoms with Crippen molar-refractivity contribution in [1.82, 2.24) is 30.0 Å². The number of carbonyl (C=O) groups is 4. The molecule has 4 aliphatic rings. The summed E-state index contributed by atoms with van der Waals surface area (Å²) in [5.41, 5.74) is 4.07. The number of aromatic nitrogens is 6. The van der Waals surface area contributed by atoms with Crippen molar-refractivity contribution >= 4 is 23.9 Å². The minimum Gasteiger partial charge on any atom is -0.481 e. The number of carbonyl (C=O) groups excluding carboxylic acids is 3. The van der Waals surface area contributed by atoms with Gasteiger partial charge in [-0.3, -0.25) is 19.2 Å². The molecule has 0 aromatic carbocycles. The largest absolute Gasteiger partial charge is 0.481 e. The van der Waals surface area contributed by atoms with Gasteiger partial charge in [0.15, 0.2) is 0 Å². The summed E-state index contributed by atoms with van der Waals surface area (Å²) < 4.78 is 19.7. The first-order chi connectivity index (χ1) is 29.2. The number of methoxy groups -OCH3 is 1. The number of ether oxygens (including phenoxy) is 3. The Bertz CT molecular complexity index is 1870. The lowest BCUT2D eigenvalue weighted by atomic mass is 9.67. The summed E-state index contributed by atoms with van der Waals surface area (Å²) in [6.07, 6.45) is 12.9. The summed E-state index contributed by atoms with van der Waals surface area (Å²) in [5.74, 6) is 1.49. The molecule has 0 aliphatic heterocycles. The van der Waals surface area contributed by atoms with Crippen LogP contribution in [0.15, 0.2) is 0 Å². The molecule has 14 nitrogen and oxygen atoms in total. The Kier molecular flexibility index (Phi) is 16.0. The molecule has 354 valence electrons. The molecule has 0 unspecified atom stereocenters. The van der Waals surface area contributed by atoms with E-state index in [2.05, 4.69) is 62.2 Å². The van der Waals surface area contributed by atoms with Gasteiger partial charge in [0.05, 0.1) is 54.8 Å². The highest BCUT2D eigenvalue weighted by Crippen LogP contribution is 2.53. The maximum atomic E-state index is 12.6. The minimum atomic E-state index is -0.869. The van der Waals surface area contributed by atoms with E-state index >= 15 is 0 Å². The van der Waals surface area contributed by atoms with Crippen LogP contribution in [-0.4, -0.2) is 77.3 Å². The second kappa shape index (κ2) is 20.1. The summed E-state index contributed by atoms with van der Waals surface area (Å²) in [6, 6.07) is -0.598. The number of rotatable bonds is 18. The molecule has 4 aliphatic carbocycles. The van der Waals surface area contributed by atoms with Gasteiger partial charge >= 0.3 is 23.9 Å². The van der Waals surface area contributed by atoms with Gasteiger partial charge in [-0.1, -0.05) is 52.0 Å². The Morgan fingerprint density at radius 1 is 0.587 bits per heavy atom. The number of hydrogen-bond donors (Lipinski definition) is 1. The Hall–Kier alpha value is -3.84. The molecule has 2 aromatic rings. The van der Waals surface area contributed by atoms with Gasteiger partial charge in [0.2, 0.25) is 0 Å². The molecule has 0 spiro atoms. The third kappa shape index (κ3) is 15.7. The van der Waals surface area contributed by atoms with Crippen LogP contribution in [-0.2, 0) is 33.4 Å². The smallest absolute Gasteiger partial charge is 0.308 e. The predicted octanol–water partition coefficient (Wildman–Crippen LogP) is 10.5. The van der Waals surface area contributed by atoms with Gasteiger partial charge in [0, 0.05) is 36.5 Å². The average molecular weight is 881 g/mol. The molecule has 0 saturated heterocycles. The average Bonchev–Trinajstić information content (AvgIpc) is 4.04. The SMILES string of the molecule is CC(C)(C)CC1CC(c2nnn([C@@H](CCC(=O)O)CC(=O)OC(C)(C)C)c2C2CC2)C1.COC(=O)CC[C@@H](CC(=O)OC(C)(C)C)n1nnc(C2CC(CC(C)(C)C)C2)c1C1CC1. The van der Waals surface area contributed by atoms with Gasteiger partial charge in [-0.15, -0.1) is 10.2 Å². The number of esters is 3. The van der Waals surface area contributed by atoms with Crippen LogP contribution >= 0.6 is 0 Å². The van der Waals surface area contributed by atoms with Crippen molar-refractivity contribution in [1.29, 1.82) is 0 Å². The van der Waals surface area contributed by atoms with Crippen molar-refractivity contribution in [2.45, 2.75) is 233 Å². The molecule has 2 heterocycles. The molecular weight excluding hydrogens is 801 g/mol. The van der Waals surface area contributed by atoms with E-state index in [0.29, 0.717) is 47.3 Å². The number of nitrogens with zero attached hydrogens (tertiary/aromatic N) is 6. The fraction of sp³-hybridized carbons (Fsp3) is 0.837. The summed E-state index contributed by atoms with van der Waals surface area (Å²) in [7, 11) is 1.39. The molecule has 0 bridgehead atoms. The summed E-state index contributed by atoms with van der Waals surface area (Å²) in [4.78, 5) is 48.2. The van der Waals surface area contributed by atoms with E-state index in [1.54, 1.807) is 0 Å². The zero-order valence-electron chi connectivity index (χ0n) is 40.9. The summed E-state index contributed by atoms with van der Waals surface area (Å²) in [5, 5.41) is 27.4. The van der Waals surface area contributed by atoms with Crippen molar-refractivity contribution in [2.75, 3.05) is 7.11 Å². The van der Waals surface area contributed by atoms with Gasteiger partial charge in [0.1, 0.15) is 11.2 Å². The van der Waals surface area contributed by atoms with E-state index in [1.165, 1.54) is 25.6 Å². The normalized spacial score (nSPS) is 22.4. The number of hydrogen-bond acceptors (Lipinski definition) is 11. The van der Waals surface area contributed by atoms with Crippen molar-refractivity contribution in [3.63, 3.8) is 0 Å². The Morgan fingerprint density at radius 2 is 0.952 bits per heavy atom. The number of carboxylic acid groups (broad SMARTS) is 1. The van der Waals surface area contributed by atoms with Crippen molar-refractivity contribution < 1.29 is 38.5 Å².